The molecule has 1 heterocycles. The maximum atomic E-state index is 4.63. The Morgan fingerprint density at radius 2 is 1.76 bits per heavy atom. The van der Waals surface area contributed by atoms with Crippen LogP contribution in [0.4, 0.5) is 0 Å². The van der Waals surface area contributed by atoms with Crippen LogP contribution >= 0.6 is 0 Å². The Hall–Kier alpha value is -2.79. The normalized spacial score (nSPS) is 10.1. The van der Waals surface area contributed by atoms with E-state index in [2.05, 4.69) is 34.0 Å². The molecule has 2 aromatic carbocycles. The van der Waals surface area contributed by atoms with Gasteiger partial charge in [-0.2, -0.15) is 0 Å². The molecule has 1 aromatic heterocycles. The molecule has 0 aliphatic carbocycles. The average Bonchev–Trinajstić information content (AvgIpc) is 2.84. The molecule has 3 aromatic rings. The quantitative estimate of drug-likeness (QED) is 0.509. The Morgan fingerprint density at radius 1 is 1.05 bits per heavy atom. The molecule has 0 unspecified atom stereocenters. The maximum Gasteiger partial charge on any atom is 0.187 e. The van der Waals surface area contributed by atoms with Crippen LogP contribution in [0.25, 0.3) is 11.0 Å². The molecular weight excluding hydrogens is 256 g/mol. The van der Waals surface area contributed by atoms with E-state index in [-0.39, 0.29) is 0 Å². The van der Waals surface area contributed by atoms with Crippen LogP contribution in [-0.4, -0.2) is 9.55 Å². The van der Waals surface area contributed by atoms with E-state index in [9.17, 15) is 0 Å². The summed E-state index contributed by atoms with van der Waals surface area (Å²) >= 11 is 0. The van der Waals surface area contributed by atoms with Gasteiger partial charge in [0, 0.05) is 12.1 Å². The molecule has 0 bridgehead atoms. The highest BCUT2D eigenvalue weighted by molar-refractivity contribution is 5.77. The molecule has 0 aliphatic heterocycles. The van der Waals surface area contributed by atoms with Gasteiger partial charge < -0.3 is 4.57 Å². The van der Waals surface area contributed by atoms with Crippen LogP contribution in [0.3, 0.4) is 0 Å². The molecule has 0 N–H and O–H groups in total. The molecule has 2 nitrogen and oxygen atoms in total. The average molecular weight is 272 g/mol. The molecular formula is C19H16N2. The fourth-order valence-electron chi connectivity index (χ4n) is 2.25. The minimum atomic E-state index is 0.735. The number of rotatable bonds is 2. The first-order valence-corrected chi connectivity index (χ1v) is 6.91. The molecule has 3 rings (SSSR count). The molecule has 0 saturated carbocycles. The van der Waals surface area contributed by atoms with Crippen LogP contribution in [0.2, 0.25) is 0 Å². The first-order valence-electron chi connectivity index (χ1n) is 6.91. The summed E-state index contributed by atoms with van der Waals surface area (Å²) in [6.07, 6.45) is 0. The zero-order valence-electron chi connectivity index (χ0n) is 12.0. The highest BCUT2D eigenvalue weighted by atomic mass is 15.1. The Kier molecular flexibility index (Phi) is 3.57. The van der Waals surface area contributed by atoms with Crippen LogP contribution in [0.5, 0.6) is 0 Å². The van der Waals surface area contributed by atoms with Crippen molar-refractivity contribution in [3.8, 4) is 11.8 Å². The van der Waals surface area contributed by atoms with Crippen LogP contribution in [0.15, 0.2) is 66.7 Å². The van der Waals surface area contributed by atoms with E-state index < -0.39 is 0 Å². The Balaban J connectivity index is 2.09. The van der Waals surface area contributed by atoms with Crippen molar-refractivity contribution in [1.29, 1.82) is 0 Å². The predicted molar refractivity (Wildman–Crippen MR) is 87.0 cm³/mol. The first kappa shape index (κ1) is 13.2. The second kappa shape index (κ2) is 5.68. The minimum Gasteiger partial charge on any atom is -0.313 e. The lowest BCUT2D eigenvalue weighted by Gasteiger charge is -2.05. The van der Waals surface area contributed by atoms with E-state index in [4.69, 9.17) is 0 Å². The van der Waals surface area contributed by atoms with Crippen molar-refractivity contribution in [1.82, 2.24) is 9.55 Å². The molecule has 0 aliphatic rings. The van der Waals surface area contributed by atoms with Crippen molar-refractivity contribution < 1.29 is 0 Å². The fourth-order valence-corrected chi connectivity index (χ4v) is 2.25. The zero-order valence-corrected chi connectivity index (χ0v) is 12.0. The van der Waals surface area contributed by atoms with E-state index >= 15 is 0 Å². The molecule has 21 heavy (non-hydrogen) atoms. The largest absolute Gasteiger partial charge is 0.313 e. The lowest BCUT2D eigenvalue weighted by Crippen LogP contribution is -2.01. The monoisotopic (exact) mass is 272 g/mol. The standard InChI is InChI=1S/C19H16N2/c1-15(2)14-21-18-11-7-6-10-17(18)20-19(21)13-12-16-8-4-3-5-9-16/h3-11H,1,14H2,2H3. The first-order chi connectivity index (χ1) is 10.2. The number of benzene rings is 2. The summed E-state index contributed by atoms with van der Waals surface area (Å²) in [6.45, 7) is 6.75. The number of hydrogen-bond donors (Lipinski definition) is 0. The number of hydrogen-bond acceptors (Lipinski definition) is 1. The molecule has 0 radical (unpaired) electrons. The number of aromatic nitrogens is 2. The van der Waals surface area contributed by atoms with Crippen molar-refractivity contribution in [2.75, 3.05) is 0 Å². The van der Waals surface area contributed by atoms with E-state index in [1.807, 2.05) is 55.5 Å². The van der Waals surface area contributed by atoms with Gasteiger partial charge in [-0.25, -0.2) is 4.98 Å². The summed E-state index contributed by atoms with van der Waals surface area (Å²) in [6, 6.07) is 18.1. The number of fused-ring (bicyclic) bond motifs is 1. The van der Waals surface area contributed by atoms with Crippen molar-refractivity contribution in [2.45, 2.75) is 13.5 Å². The third-order valence-corrected chi connectivity index (χ3v) is 3.18. The summed E-state index contributed by atoms with van der Waals surface area (Å²) in [5, 5.41) is 0. The number of para-hydroxylation sites is 2. The van der Waals surface area contributed by atoms with Crippen LogP contribution < -0.4 is 0 Å². The van der Waals surface area contributed by atoms with Gasteiger partial charge in [0.05, 0.1) is 11.0 Å². The molecule has 0 amide bonds. The SMILES string of the molecule is C=C(C)Cn1c(C#Cc2ccccc2)nc2ccccc21. The molecule has 0 fully saturated rings. The molecule has 0 atom stereocenters. The van der Waals surface area contributed by atoms with E-state index in [0.29, 0.717) is 0 Å². The maximum absolute atomic E-state index is 4.63. The second-order valence-electron chi connectivity index (χ2n) is 5.08. The highest BCUT2D eigenvalue weighted by Crippen LogP contribution is 2.16. The van der Waals surface area contributed by atoms with Crippen molar-refractivity contribution in [3.05, 3.63) is 78.1 Å². The van der Waals surface area contributed by atoms with Gasteiger partial charge in [0.2, 0.25) is 0 Å². The van der Waals surface area contributed by atoms with Crippen molar-refractivity contribution in [2.24, 2.45) is 0 Å². The van der Waals surface area contributed by atoms with Crippen molar-refractivity contribution in [3.63, 3.8) is 0 Å². The Bertz CT molecular complexity index is 845. The van der Waals surface area contributed by atoms with Gasteiger partial charge in [0.15, 0.2) is 5.82 Å². The second-order valence-corrected chi connectivity index (χ2v) is 5.08. The molecule has 2 heteroatoms. The third kappa shape index (κ3) is 2.88. The summed E-state index contributed by atoms with van der Waals surface area (Å²) in [7, 11) is 0. The van der Waals surface area contributed by atoms with E-state index in [1.165, 1.54) is 0 Å². The van der Waals surface area contributed by atoms with Gasteiger partial charge in [-0.1, -0.05) is 48.4 Å². The Morgan fingerprint density at radius 3 is 2.52 bits per heavy atom. The Labute approximate surface area is 124 Å². The number of imidazole rings is 1. The van der Waals surface area contributed by atoms with Gasteiger partial charge in [-0.3, -0.25) is 0 Å². The van der Waals surface area contributed by atoms with Gasteiger partial charge >= 0.3 is 0 Å². The van der Waals surface area contributed by atoms with Crippen LogP contribution in [0, 0.1) is 11.8 Å². The summed E-state index contributed by atoms with van der Waals surface area (Å²) < 4.78 is 2.12. The van der Waals surface area contributed by atoms with Crippen LogP contribution in [0.1, 0.15) is 18.3 Å². The summed E-state index contributed by atoms with van der Waals surface area (Å²) in [5.41, 5.74) is 4.14. The van der Waals surface area contributed by atoms with Gasteiger partial charge in [0.25, 0.3) is 0 Å². The van der Waals surface area contributed by atoms with Gasteiger partial charge in [-0.05, 0) is 37.1 Å². The molecule has 102 valence electrons. The zero-order chi connectivity index (χ0) is 14.7. The van der Waals surface area contributed by atoms with E-state index in [1.54, 1.807) is 0 Å². The summed E-state index contributed by atoms with van der Waals surface area (Å²) in [5.74, 6) is 7.14. The molecule has 0 spiro atoms. The number of nitrogens with zero attached hydrogens (tertiary/aromatic N) is 2. The lowest BCUT2D eigenvalue weighted by molar-refractivity contribution is 0.798. The van der Waals surface area contributed by atoms with Gasteiger partial charge in [-0.15, -0.1) is 0 Å². The summed E-state index contributed by atoms with van der Waals surface area (Å²) in [4.78, 5) is 4.63. The predicted octanol–water partition coefficient (Wildman–Crippen LogP) is 4.01. The van der Waals surface area contributed by atoms with E-state index in [0.717, 1.165) is 34.5 Å². The molecule has 0 saturated heterocycles. The minimum absolute atomic E-state index is 0.735. The van der Waals surface area contributed by atoms with Crippen LogP contribution in [-0.2, 0) is 6.54 Å². The lowest BCUT2D eigenvalue weighted by atomic mass is 10.2. The fraction of sp³-hybridized carbons (Fsp3) is 0.105. The number of allylic oxidation sites excluding steroid dienone is 1. The topological polar surface area (TPSA) is 17.8 Å². The smallest absolute Gasteiger partial charge is 0.187 e. The third-order valence-electron chi connectivity index (χ3n) is 3.18. The van der Waals surface area contributed by atoms with Crippen molar-refractivity contribution >= 4 is 11.0 Å². The van der Waals surface area contributed by atoms with Gasteiger partial charge in [0.1, 0.15) is 0 Å². The highest BCUT2D eigenvalue weighted by Gasteiger charge is 2.08.